The SMILES string of the molecule is CC1Sc2ccc(C(=O)CC(C)(C)C)cc2NC1=O. The Morgan fingerprint density at radius 1 is 1.37 bits per heavy atom. The highest BCUT2D eigenvalue weighted by atomic mass is 32.2. The van der Waals surface area contributed by atoms with E-state index in [1.165, 1.54) is 11.8 Å². The van der Waals surface area contributed by atoms with E-state index >= 15 is 0 Å². The van der Waals surface area contributed by atoms with Crippen molar-refractivity contribution in [3.63, 3.8) is 0 Å². The van der Waals surface area contributed by atoms with Crippen LogP contribution in [-0.2, 0) is 4.79 Å². The molecule has 0 spiro atoms. The Morgan fingerprint density at radius 3 is 2.68 bits per heavy atom. The van der Waals surface area contributed by atoms with Gasteiger partial charge >= 0.3 is 0 Å². The minimum atomic E-state index is -0.0800. The van der Waals surface area contributed by atoms with Crippen LogP contribution in [0, 0.1) is 5.41 Å². The Bertz CT molecular complexity index is 531. The summed E-state index contributed by atoms with van der Waals surface area (Å²) >= 11 is 1.53. The zero-order chi connectivity index (χ0) is 14.2. The van der Waals surface area contributed by atoms with Gasteiger partial charge in [-0.1, -0.05) is 26.8 Å². The van der Waals surface area contributed by atoms with Gasteiger partial charge in [-0.25, -0.2) is 0 Å². The summed E-state index contributed by atoms with van der Waals surface area (Å²) in [4.78, 5) is 24.8. The predicted molar refractivity (Wildman–Crippen MR) is 78.8 cm³/mol. The molecule has 0 aliphatic carbocycles. The Kier molecular flexibility index (Phi) is 3.72. The van der Waals surface area contributed by atoms with E-state index in [-0.39, 0.29) is 22.4 Å². The van der Waals surface area contributed by atoms with Crippen LogP contribution in [0.2, 0.25) is 0 Å². The highest BCUT2D eigenvalue weighted by molar-refractivity contribution is 8.00. The second-order valence-electron chi connectivity index (χ2n) is 6.12. The van der Waals surface area contributed by atoms with E-state index in [0.717, 1.165) is 10.6 Å². The third-order valence-electron chi connectivity index (χ3n) is 2.92. The fourth-order valence-corrected chi connectivity index (χ4v) is 2.90. The number of fused-ring (bicyclic) bond motifs is 1. The van der Waals surface area contributed by atoms with Crippen LogP contribution in [0.1, 0.15) is 44.5 Å². The summed E-state index contributed by atoms with van der Waals surface area (Å²) in [6.07, 6.45) is 0.503. The Hall–Kier alpha value is -1.29. The summed E-state index contributed by atoms with van der Waals surface area (Å²) in [7, 11) is 0. The first-order chi connectivity index (χ1) is 8.76. The number of thioether (sulfide) groups is 1. The van der Waals surface area contributed by atoms with E-state index in [9.17, 15) is 9.59 Å². The summed E-state index contributed by atoms with van der Waals surface area (Å²) in [5.41, 5.74) is 1.40. The van der Waals surface area contributed by atoms with Crippen LogP contribution in [0.3, 0.4) is 0 Å². The molecule has 0 saturated heterocycles. The topological polar surface area (TPSA) is 46.2 Å². The maximum Gasteiger partial charge on any atom is 0.237 e. The molecule has 1 aromatic rings. The van der Waals surface area contributed by atoms with Crippen LogP contribution in [0.25, 0.3) is 0 Å². The van der Waals surface area contributed by atoms with E-state index in [1.54, 1.807) is 6.07 Å². The Labute approximate surface area is 118 Å². The van der Waals surface area contributed by atoms with Crippen LogP contribution < -0.4 is 5.32 Å². The molecule has 1 atom stereocenters. The number of carbonyl (C=O) groups is 2. The zero-order valence-corrected chi connectivity index (χ0v) is 12.6. The Morgan fingerprint density at radius 2 is 2.05 bits per heavy atom. The van der Waals surface area contributed by atoms with E-state index in [0.29, 0.717) is 12.0 Å². The fraction of sp³-hybridized carbons (Fsp3) is 0.467. The van der Waals surface area contributed by atoms with E-state index in [4.69, 9.17) is 0 Å². The van der Waals surface area contributed by atoms with Crippen LogP contribution in [0.15, 0.2) is 23.1 Å². The van der Waals surface area contributed by atoms with E-state index in [2.05, 4.69) is 5.32 Å². The number of Topliss-reactive ketones (excluding diaryl/α,β-unsaturated/α-hetero) is 1. The van der Waals surface area contributed by atoms with E-state index in [1.807, 2.05) is 39.8 Å². The zero-order valence-electron chi connectivity index (χ0n) is 11.7. The van der Waals surface area contributed by atoms with Gasteiger partial charge in [-0.2, -0.15) is 0 Å². The van der Waals surface area contributed by atoms with Crippen molar-refractivity contribution in [3.8, 4) is 0 Å². The number of amides is 1. The maximum absolute atomic E-state index is 12.2. The first kappa shape index (κ1) is 14.1. The standard InChI is InChI=1S/C15H19NO2S/c1-9-14(18)16-11-7-10(5-6-13(11)19-9)12(17)8-15(2,3)4/h5-7,9H,8H2,1-4H3,(H,16,18). The van der Waals surface area contributed by atoms with Crippen molar-refractivity contribution >= 4 is 29.1 Å². The van der Waals surface area contributed by atoms with Gasteiger partial charge in [0.05, 0.1) is 10.9 Å². The van der Waals surface area contributed by atoms with Gasteiger partial charge in [0.15, 0.2) is 5.78 Å². The van der Waals surface area contributed by atoms with Gasteiger partial charge in [0.25, 0.3) is 0 Å². The van der Waals surface area contributed by atoms with Crippen molar-refractivity contribution in [1.82, 2.24) is 0 Å². The molecule has 0 saturated carbocycles. The molecule has 4 heteroatoms. The quantitative estimate of drug-likeness (QED) is 0.838. The molecular formula is C15H19NO2S. The predicted octanol–water partition coefficient (Wildman–Crippen LogP) is 3.74. The van der Waals surface area contributed by atoms with E-state index < -0.39 is 0 Å². The highest BCUT2D eigenvalue weighted by Crippen LogP contribution is 2.36. The summed E-state index contributed by atoms with van der Waals surface area (Å²) in [5.74, 6) is 0.117. The van der Waals surface area contributed by atoms with Crippen molar-refractivity contribution < 1.29 is 9.59 Å². The minimum Gasteiger partial charge on any atom is -0.324 e. The molecule has 0 fully saturated rings. The van der Waals surface area contributed by atoms with Crippen molar-refractivity contribution in [2.24, 2.45) is 5.41 Å². The molecule has 1 N–H and O–H groups in total. The van der Waals surface area contributed by atoms with Crippen molar-refractivity contribution in [2.45, 2.75) is 44.3 Å². The summed E-state index contributed by atoms with van der Waals surface area (Å²) in [6.45, 7) is 8.01. The molecule has 0 aromatic heterocycles. The molecule has 1 aliphatic rings. The van der Waals surface area contributed by atoms with Crippen LogP contribution in [0.5, 0.6) is 0 Å². The normalized spacial score (nSPS) is 18.7. The molecule has 1 heterocycles. The van der Waals surface area contributed by atoms with Crippen LogP contribution in [0.4, 0.5) is 5.69 Å². The number of carbonyl (C=O) groups excluding carboxylic acids is 2. The summed E-state index contributed by atoms with van der Waals surface area (Å²) in [5, 5.41) is 2.78. The molecule has 3 nitrogen and oxygen atoms in total. The third kappa shape index (κ3) is 3.38. The molecule has 0 bridgehead atoms. The molecule has 0 radical (unpaired) electrons. The number of nitrogens with one attached hydrogen (secondary N) is 1. The molecule has 19 heavy (non-hydrogen) atoms. The number of benzene rings is 1. The van der Waals surface area contributed by atoms with Crippen molar-refractivity contribution in [1.29, 1.82) is 0 Å². The fourth-order valence-electron chi connectivity index (χ4n) is 1.97. The summed E-state index contributed by atoms with van der Waals surface area (Å²) in [6, 6.07) is 5.57. The molecule has 1 amide bonds. The number of hydrogen-bond acceptors (Lipinski definition) is 3. The number of hydrogen-bond donors (Lipinski definition) is 1. The second kappa shape index (κ2) is 5.00. The maximum atomic E-state index is 12.2. The number of ketones is 1. The van der Waals surface area contributed by atoms with Gasteiger partial charge < -0.3 is 5.32 Å². The lowest BCUT2D eigenvalue weighted by molar-refractivity contribution is -0.115. The Balaban J connectivity index is 2.24. The van der Waals surface area contributed by atoms with Gasteiger partial charge in [0.2, 0.25) is 5.91 Å². The molecule has 1 unspecified atom stereocenters. The first-order valence-corrected chi connectivity index (χ1v) is 7.29. The lowest BCUT2D eigenvalue weighted by Gasteiger charge is -2.22. The van der Waals surface area contributed by atoms with Crippen LogP contribution in [-0.4, -0.2) is 16.9 Å². The highest BCUT2D eigenvalue weighted by Gasteiger charge is 2.24. The largest absolute Gasteiger partial charge is 0.324 e. The molecule has 1 aliphatic heterocycles. The first-order valence-electron chi connectivity index (χ1n) is 6.41. The monoisotopic (exact) mass is 277 g/mol. The van der Waals surface area contributed by atoms with Gasteiger partial charge in [-0.05, 0) is 24.5 Å². The average molecular weight is 277 g/mol. The van der Waals surface area contributed by atoms with Gasteiger partial charge in [0.1, 0.15) is 0 Å². The minimum absolute atomic E-state index is 0.00193. The van der Waals surface area contributed by atoms with Crippen molar-refractivity contribution in [2.75, 3.05) is 5.32 Å². The van der Waals surface area contributed by atoms with Gasteiger partial charge in [0, 0.05) is 16.9 Å². The lowest BCUT2D eigenvalue weighted by atomic mass is 9.88. The third-order valence-corrected chi connectivity index (χ3v) is 4.10. The van der Waals surface area contributed by atoms with Gasteiger partial charge in [-0.15, -0.1) is 11.8 Å². The molecule has 2 rings (SSSR count). The van der Waals surface area contributed by atoms with Crippen LogP contribution >= 0.6 is 11.8 Å². The van der Waals surface area contributed by atoms with Crippen molar-refractivity contribution in [3.05, 3.63) is 23.8 Å². The average Bonchev–Trinajstić information content (AvgIpc) is 2.27. The molecule has 102 valence electrons. The lowest BCUT2D eigenvalue weighted by Crippen LogP contribution is -2.26. The van der Waals surface area contributed by atoms with Gasteiger partial charge in [-0.3, -0.25) is 9.59 Å². The number of rotatable bonds is 2. The number of anilines is 1. The molecular weight excluding hydrogens is 258 g/mol. The summed E-state index contributed by atoms with van der Waals surface area (Å²) < 4.78 is 0. The smallest absolute Gasteiger partial charge is 0.237 e. The molecule has 1 aromatic carbocycles. The second-order valence-corrected chi connectivity index (χ2v) is 7.50.